The monoisotopic (exact) mass is 407 g/mol. The van der Waals surface area contributed by atoms with E-state index < -0.39 is 0 Å². The fraction of sp³-hybridized carbons (Fsp3) is 0.500. The van der Waals surface area contributed by atoms with Gasteiger partial charge in [-0.05, 0) is 38.0 Å². The Balaban J connectivity index is 1.61. The van der Waals surface area contributed by atoms with Crippen molar-refractivity contribution in [1.82, 2.24) is 14.9 Å². The minimum absolute atomic E-state index is 0.0562. The summed E-state index contributed by atoms with van der Waals surface area (Å²) in [6.45, 7) is 3.84. The molecular weight excluding hydrogens is 386 g/mol. The van der Waals surface area contributed by atoms with Crippen LogP contribution in [0.25, 0.3) is 10.9 Å². The van der Waals surface area contributed by atoms with E-state index in [1.54, 1.807) is 12.1 Å². The zero-order chi connectivity index (χ0) is 17.8. The highest BCUT2D eigenvalue weighted by Gasteiger charge is 2.21. The number of rotatable bonds is 5. The number of carbonyl (C=O) groups is 1. The summed E-state index contributed by atoms with van der Waals surface area (Å²) in [6, 6.07) is 5.48. The molecule has 0 unspecified atom stereocenters. The Morgan fingerprint density at radius 1 is 1.52 bits per heavy atom. The molecule has 1 saturated heterocycles. The number of aromatic nitrogens is 2. The molecule has 2 heterocycles. The van der Waals surface area contributed by atoms with Gasteiger partial charge in [-0.1, -0.05) is 15.9 Å². The molecule has 7 heteroatoms. The Bertz CT molecular complexity index is 815. The largest absolute Gasteiger partial charge is 0.381 e. The number of ether oxygens (including phenoxy) is 1. The fourth-order valence-corrected chi connectivity index (χ4v) is 3.48. The van der Waals surface area contributed by atoms with Gasteiger partial charge >= 0.3 is 0 Å². The summed E-state index contributed by atoms with van der Waals surface area (Å²) in [6.07, 6.45) is 3.87. The van der Waals surface area contributed by atoms with Gasteiger partial charge < -0.3 is 10.1 Å². The molecule has 2 aromatic rings. The van der Waals surface area contributed by atoms with Crippen molar-refractivity contribution >= 4 is 32.7 Å². The lowest BCUT2D eigenvalue weighted by molar-refractivity contribution is -0.122. The molecule has 25 heavy (non-hydrogen) atoms. The van der Waals surface area contributed by atoms with Gasteiger partial charge in [0.05, 0.1) is 23.8 Å². The number of hydrogen-bond acceptors (Lipinski definition) is 4. The lowest BCUT2D eigenvalue weighted by Crippen LogP contribution is -2.41. The molecule has 0 bridgehead atoms. The summed E-state index contributed by atoms with van der Waals surface area (Å²) in [5.41, 5.74) is 0.521. The summed E-state index contributed by atoms with van der Waals surface area (Å²) in [4.78, 5) is 29.0. The maximum absolute atomic E-state index is 12.5. The molecule has 0 saturated carbocycles. The number of fused-ring (bicyclic) bond motifs is 1. The van der Waals surface area contributed by atoms with Crippen molar-refractivity contribution < 1.29 is 9.53 Å². The molecule has 1 aliphatic rings. The predicted molar refractivity (Wildman–Crippen MR) is 99.5 cm³/mol. The summed E-state index contributed by atoms with van der Waals surface area (Å²) in [5.74, 6) is 0.305. The molecule has 0 radical (unpaired) electrons. The second-order valence-corrected chi connectivity index (χ2v) is 7.40. The average molecular weight is 408 g/mol. The van der Waals surface area contributed by atoms with Crippen LogP contribution in [-0.4, -0.2) is 34.7 Å². The second-order valence-electron chi connectivity index (χ2n) is 6.49. The van der Waals surface area contributed by atoms with Crippen LogP contribution in [0.3, 0.4) is 0 Å². The van der Waals surface area contributed by atoms with Gasteiger partial charge in [-0.25, -0.2) is 4.98 Å². The highest BCUT2D eigenvalue weighted by Crippen LogP contribution is 2.17. The topological polar surface area (TPSA) is 73.2 Å². The van der Waals surface area contributed by atoms with Crippen LogP contribution in [0.1, 0.15) is 26.2 Å². The van der Waals surface area contributed by atoms with Gasteiger partial charge in [0.25, 0.3) is 5.56 Å². The number of benzene rings is 1. The third kappa shape index (κ3) is 4.46. The first-order valence-electron chi connectivity index (χ1n) is 8.56. The lowest BCUT2D eigenvalue weighted by Gasteiger charge is -2.28. The van der Waals surface area contributed by atoms with E-state index in [0.29, 0.717) is 30.0 Å². The molecule has 1 fully saturated rings. The average Bonchev–Trinajstić information content (AvgIpc) is 2.62. The van der Waals surface area contributed by atoms with Crippen LogP contribution in [0.5, 0.6) is 0 Å². The van der Waals surface area contributed by atoms with Crippen LogP contribution >= 0.6 is 15.9 Å². The van der Waals surface area contributed by atoms with E-state index in [1.807, 2.05) is 13.0 Å². The number of carbonyl (C=O) groups excluding carboxylic acids is 1. The van der Waals surface area contributed by atoms with E-state index in [4.69, 9.17) is 4.74 Å². The Morgan fingerprint density at radius 3 is 3.12 bits per heavy atom. The summed E-state index contributed by atoms with van der Waals surface area (Å²) in [7, 11) is 0. The van der Waals surface area contributed by atoms with E-state index in [0.717, 1.165) is 23.9 Å². The molecule has 134 valence electrons. The Kier molecular flexibility index (Phi) is 5.86. The first-order chi connectivity index (χ1) is 12.0. The number of amides is 1. The van der Waals surface area contributed by atoms with Crippen LogP contribution in [0, 0.1) is 5.92 Å². The quantitative estimate of drug-likeness (QED) is 0.825. The molecule has 1 aromatic heterocycles. The molecule has 1 amide bonds. The van der Waals surface area contributed by atoms with Crippen LogP contribution < -0.4 is 10.9 Å². The Morgan fingerprint density at radius 2 is 2.36 bits per heavy atom. The third-order valence-electron chi connectivity index (χ3n) is 4.66. The van der Waals surface area contributed by atoms with Crippen LogP contribution in [0.4, 0.5) is 0 Å². The van der Waals surface area contributed by atoms with Crippen molar-refractivity contribution in [2.24, 2.45) is 5.92 Å². The van der Waals surface area contributed by atoms with Gasteiger partial charge in [0.1, 0.15) is 0 Å². The number of halogens is 1. The summed E-state index contributed by atoms with van der Waals surface area (Å²) >= 11 is 3.37. The smallest absolute Gasteiger partial charge is 0.261 e. The standard InChI is InChI=1S/C18H22BrN3O3/c1-12(13-3-2-8-25-10-13)21-17(23)6-7-22-11-20-16-5-4-14(19)9-15(16)18(22)24/h4-5,9,11-13H,2-3,6-8,10H2,1H3,(H,21,23)/t12-,13-/m1/s1. The van der Waals surface area contributed by atoms with Crippen molar-refractivity contribution in [1.29, 1.82) is 0 Å². The normalized spacial score (nSPS) is 18.9. The number of nitrogens with one attached hydrogen (secondary N) is 1. The van der Waals surface area contributed by atoms with Gasteiger partial charge in [-0.15, -0.1) is 0 Å². The second kappa shape index (κ2) is 8.10. The highest BCUT2D eigenvalue weighted by atomic mass is 79.9. The molecule has 1 aromatic carbocycles. The summed E-state index contributed by atoms with van der Waals surface area (Å²) < 4.78 is 7.79. The third-order valence-corrected chi connectivity index (χ3v) is 5.15. The van der Waals surface area contributed by atoms with Gasteiger partial charge in [0.2, 0.25) is 5.91 Å². The number of hydrogen-bond donors (Lipinski definition) is 1. The molecule has 6 nitrogen and oxygen atoms in total. The molecule has 0 spiro atoms. The molecule has 0 aliphatic carbocycles. The fourth-order valence-electron chi connectivity index (χ4n) is 3.12. The van der Waals surface area contributed by atoms with Crippen molar-refractivity contribution in [2.75, 3.05) is 13.2 Å². The zero-order valence-corrected chi connectivity index (χ0v) is 15.8. The molecule has 1 aliphatic heterocycles. The molecule has 3 rings (SSSR count). The van der Waals surface area contributed by atoms with Crippen molar-refractivity contribution in [3.63, 3.8) is 0 Å². The molecule has 2 atom stereocenters. The first kappa shape index (κ1) is 18.1. The van der Waals surface area contributed by atoms with Crippen molar-refractivity contribution in [2.45, 2.75) is 38.8 Å². The summed E-state index contributed by atoms with van der Waals surface area (Å²) in [5, 5.41) is 3.57. The van der Waals surface area contributed by atoms with Gasteiger partial charge in [0, 0.05) is 36.0 Å². The van der Waals surface area contributed by atoms with E-state index in [-0.39, 0.29) is 23.9 Å². The van der Waals surface area contributed by atoms with Gasteiger partial charge in [-0.2, -0.15) is 0 Å². The predicted octanol–water partition coefficient (Wildman–Crippen LogP) is 2.48. The number of aryl methyl sites for hydroxylation is 1. The Labute approximate surface area is 154 Å². The van der Waals surface area contributed by atoms with Crippen molar-refractivity contribution in [3.8, 4) is 0 Å². The van der Waals surface area contributed by atoms with E-state index in [2.05, 4.69) is 26.2 Å². The van der Waals surface area contributed by atoms with Crippen LogP contribution in [0.15, 0.2) is 33.8 Å². The molecular formula is C18H22BrN3O3. The first-order valence-corrected chi connectivity index (χ1v) is 9.35. The maximum atomic E-state index is 12.5. The lowest BCUT2D eigenvalue weighted by atomic mass is 9.95. The van der Waals surface area contributed by atoms with E-state index >= 15 is 0 Å². The van der Waals surface area contributed by atoms with Gasteiger partial charge in [-0.3, -0.25) is 14.2 Å². The van der Waals surface area contributed by atoms with Crippen LogP contribution in [0.2, 0.25) is 0 Å². The number of nitrogens with zero attached hydrogens (tertiary/aromatic N) is 2. The Hall–Kier alpha value is -1.73. The zero-order valence-electron chi connectivity index (χ0n) is 14.2. The van der Waals surface area contributed by atoms with Gasteiger partial charge in [0.15, 0.2) is 0 Å². The minimum Gasteiger partial charge on any atom is -0.381 e. The SMILES string of the molecule is C[C@@H](NC(=O)CCn1cnc2ccc(Br)cc2c1=O)[C@@H]1CCCOC1. The minimum atomic E-state index is -0.132. The maximum Gasteiger partial charge on any atom is 0.261 e. The molecule has 1 N–H and O–H groups in total. The van der Waals surface area contributed by atoms with E-state index in [9.17, 15) is 9.59 Å². The van der Waals surface area contributed by atoms with Crippen LogP contribution in [-0.2, 0) is 16.1 Å². The van der Waals surface area contributed by atoms with E-state index in [1.165, 1.54) is 10.9 Å². The van der Waals surface area contributed by atoms with Crippen molar-refractivity contribution in [3.05, 3.63) is 39.4 Å². The highest BCUT2D eigenvalue weighted by molar-refractivity contribution is 9.10.